The second kappa shape index (κ2) is 10.4. The lowest BCUT2D eigenvalue weighted by Crippen LogP contribution is -2.51. The molecule has 7 nitrogen and oxygen atoms in total. The Hall–Kier alpha value is -1.97. The number of aliphatic hydroxyl groups excluding tert-OH is 1. The summed E-state index contributed by atoms with van der Waals surface area (Å²) in [7, 11) is -3.66. The largest absolute Gasteiger partial charge is 0.394 e. The minimum atomic E-state index is -3.66. The number of hydrogen-bond acceptors (Lipinski definition) is 5. The highest BCUT2D eigenvalue weighted by atomic mass is 35.5. The van der Waals surface area contributed by atoms with E-state index in [2.05, 4.69) is 10.0 Å². The summed E-state index contributed by atoms with van der Waals surface area (Å²) in [6, 6.07) is 14.6. The molecule has 0 aliphatic carbocycles. The Morgan fingerprint density at radius 2 is 1.90 bits per heavy atom. The lowest BCUT2D eigenvalue weighted by molar-refractivity contribution is -0.0891. The Kier molecular flexibility index (Phi) is 7.85. The molecule has 3 atom stereocenters. The number of benzene rings is 2. The van der Waals surface area contributed by atoms with E-state index in [1.165, 1.54) is 12.1 Å². The van der Waals surface area contributed by atoms with E-state index < -0.39 is 16.1 Å². The fourth-order valence-electron chi connectivity index (χ4n) is 3.42. The first-order chi connectivity index (χ1) is 14.4. The second-order valence-electron chi connectivity index (χ2n) is 7.15. The summed E-state index contributed by atoms with van der Waals surface area (Å²) in [4.78, 5) is 12.5. The fourth-order valence-corrected chi connectivity index (χ4v) is 4.77. The number of rotatable bonds is 8. The summed E-state index contributed by atoms with van der Waals surface area (Å²) in [5.74, 6) is -0.213. The van der Waals surface area contributed by atoms with Gasteiger partial charge in [-0.15, -0.1) is 0 Å². The van der Waals surface area contributed by atoms with Gasteiger partial charge in [0.1, 0.15) is 6.10 Å². The quantitative estimate of drug-likeness (QED) is 0.570. The number of nitrogens with one attached hydrogen (secondary N) is 2. The predicted octanol–water partition coefficient (Wildman–Crippen LogP) is 2.35. The molecule has 3 N–H and O–H groups in total. The molecule has 0 spiro atoms. The average Bonchev–Trinajstić information content (AvgIpc) is 2.75. The van der Waals surface area contributed by atoms with Crippen molar-refractivity contribution in [2.45, 2.75) is 42.4 Å². The van der Waals surface area contributed by atoms with E-state index >= 15 is 0 Å². The minimum absolute atomic E-state index is 0.108. The molecule has 3 rings (SSSR count). The molecule has 1 heterocycles. The van der Waals surface area contributed by atoms with Crippen molar-refractivity contribution in [1.29, 1.82) is 0 Å². The summed E-state index contributed by atoms with van der Waals surface area (Å²) in [6.07, 6.45) is 0.982. The number of carbonyl (C=O) groups is 1. The van der Waals surface area contributed by atoms with E-state index in [4.69, 9.17) is 16.3 Å². The second-order valence-corrected chi connectivity index (χ2v) is 9.35. The summed E-state index contributed by atoms with van der Waals surface area (Å²) in [5, 5.41) is 13.0. The maximum atomic E-state index is 12.4. The summed E-state index contributed by atoms with van der Waals surface area (Å²) in [5.41, 5.74) is 0.548. The topological polar surface area (TPSA) is 105 Å². The molecule has 0 bridgehead atoms. The van der Waals surface area contributed by atoms with Crippen molar-refractivity contribution in [3.63, 3.8) is 0 Å². The predicted molar refractivity (Wildman–Crippen MR) is 114 cm³/mol. The first-order valence-corrected chi connectivity index (χ1v) is 11.6. The van der Waals surface area contributed by atoms with Crippen LogP contribution in [0.4, 0.5) is 0 Å². The first kappa shape index (κ1) is 22.7. The van der Waals surface area contributed by atoms with Gasteiger partial charge in [0.05, 0.1) is 23.6 Å². The Labute approximate surface area is 181 Å². The number of aliphatic hydroxyl groups is 1. The van der Waals surface area contributed by atoms with Crippen LogP contribution in [0.25, 0.3) is 0 Å². The Morgan fingerprint density at radius 1 is 1.13 bits per heavy atom. The number of hydrogen-bond donors (Lipinski definition) is 3. The van der Waals surface area contributed by atoms with Gasteiger partial charge in [0.15, 0.2) is 0 Å². The third kappa shape index (κ3) is 6.02. The van der Waals surface area contributed by atoms with E-state index in [1.54, 1.807) is 36.4 Å². The molecule has 0 radical (unpaired) electrons. The van der Waals surface area contributed by atoms with Crippen molar-refractivity contribution < 1.29 is 23.1 Å². The maximum absolute atomic E-state index is 12.4. The molecule has 2 aromatic rings. The van der Waals surface area contributed by atoms with Crippen LogP contribution in [0.3, 0.4) is 0 Å². The SMILES string of the molecule is O=C(N[C@H]1CC[C@@H](CCNS(=O)(=O)c2cccc(Cl)c2)O[C@H]1CO)c1ccccc1. The Bertz CT molecular complexity index is 955. The number of carbonyl (C=O) groups excluding carboxylic acids is 1. The zero-order valence-electron chi connectivity index (χ0n) is 16.3. The highest BCUT2D eigenvalue weighted by molar-refractivity contribution is 7.89. The molecule has 1 aliphatic rings. The van der Waals surface area contributed by atoms with Crippen LogP contribution < -0.4 is 10.0 Å². The van der Waals surface area contributed by atoms with Gasteiger partial charge in [-0.2, -0.15) is 0 Å². The standard InChI is InChI=1S/C21H25ClN2O5S/c22-16-7-4-8-18(13-16)30(27,28)23-12-11-17-9-10-19(20(14-25)29-17)24-21(26)15-5-2-1-3-6-15/h1-8,13,17,19-20,23,25H,9-12,14H2,(H,24,26)/t17-,19-,20-/m0/s1. The van der Waals surface area contributed by atoms with Crippen molar-refractivity contribution >= 4 is 27.5 Å². The molecule has 1 aliphatic heterocycles. The smallest absolute Gasteiger partial charge is 0.251 e. The summed E-state index contributed by atoms with van der Waals surface area (Å²) >= 11 is 5.86. The third-order valence-corrected chi connectivity index (χ3v) is 6.71. The first-order valence-electron chi connectivity index (χ1n) is 9.76. The number of sulfonamides is 1. The van der Waals surface area contributed by atoms with E-state index in [9.17, 15) is 18.3 Å². The molecular weight excluding hydrogens is 428 g/mol. The van der Waals surface area contributed by atoms with Crippen LogP contribution in [0.1, 0.15) is 29.6 Å². The summed E-state index contributed by atoms with van der Waals surface area (Å²) in [6.45, 7) is -0.0385. The molecule has 2 aromatic carbocycles. The Morgan fingerprint density at radius 3 is 2.60 bits per heavy atom. The van der Waals surface area contributed by atoms with Gasteiger partial charge in [0, 0.05) is 17.1 Å². The van der Waals surface area contributed by atoms with Gasteiger partial charge in [0.25, 0.3) is 5.91 Å². The molecular formula is C21H25ClN2O5S. The number of halogens is 1. The molecule has 1 amide bonds. The lowest BCUT2D eigenvalue weighted by atomic mass is 9.97. The monoisotopic (exact) mass is 452 g/mol. The van der Waals surface area contributed by atoms with Crippen molar-refractivity contribution in [3.8, 4) is 0 Å². The van der Waals surface area contributed by atoms with Gasteiger partial charge in [-0.25, -0.2) is 13.1 Å². The van der Waals surface area contributed by atoms with E-state index in [0.717, 1.165) is 0 Å². The molecule has 30 heavy (non-hydrogen) atoms. The molecule has 1 saturated heterocycles. The van der Waals surface area contributed by atoms with Gasteiger partial charge in [-0.05, 0) is 49.6 Å². The van der Waals surface area contributed by atoms with Crippen LogP contribution >= 0.6 is 11.6 Å². The van der Waals surface area contributed by atoms with Gasteiger partial charge >= 0.3 is 0 Å². The van der Waals surface area contributed by atoms with E-state index in [0.29, 0.717) is 29.8 Å². The molecule has 0 saturated carbocycles. The van der Waals surface area contributed by atoms with Gasteiger partial charge in [-0.1, -0.05) is 35.9 Å². The zero-order chi connectivity index (χ0) is 21.6. The fraction of sp³-hybridized carbons (Fsp3) is 0.381. The van der Waals surface area contributed by atoms with E-state index in [-0.39, 0.29) is 36.1 Å². The maximum Gasteiger partial charge on any atom is 0.251 e. The number of amides is 1. The average molecular weight is 453 g/mol. The molecule has 0 aromatic heterocycles. The van der Waals surface area contributed by atoms with Gasteiger partial charge in [-0.3, -0.25) is 4.79 Å². The van der Waals surface area contributed by atoms with Crippen LogP contribution in [0, 0.1) is 0 Å². The van der Waals surface area contributed by atoms with Crippen molar-refractivity contribution in [1.82, 2.24) is 10.0 Å². The molecule has 9 heteroatoms. The van der Waals surface area contributed by atoms with Crippen LogP contribution in [0.2, 0.25) is 5.02 Å². The zero-order valence-corrected chi connectivity index (χ0v) is 17.9. The van der Waals surface area contributed by atoms with Crippen LogP contribution in [0.5, 0.6) is 0 Å². The molecule has 162 valence electrons. The molecule has 1 fully saturated rings. The number of ether oxygens (including phenoxy) is 1. The minimum Gasteiger partial charge on any atom is -0.394 e. The third-order valence-electron chi connectivity index (χ3n) is 5.01. The molecule has 0 unspecified atom stereocenters. The van der Waals surface area contributed by atoms with Gasteiger partial charge < -0.3 is 15.2 Å². The van der Waals surface area contributed by atoms with Gasteiger partial charge in [0.2, 0.25) is 10.0 Å². The van der Waals surface area contributed by atoms with Crippen LogP contribution in [-0.4, -0.2) is 50.8 Å². The van der Waals surface area contributed by atoms with Crippen molar-refractivity contribution in [2.24, 2.45) is 0 Å². The summed E-state index contributed by atoms with van der Waals surface area (Å²) < 4.78 is 33.2. The van der Waals surface area contributed by atoms with Crippen molar-refractivity contribution in [2.75, 3.05) is 13.2 Å². The highest BCUT2D eigenvalue weighted by Gasteiger charge is 2.32. The highest BCUT2D eigenvalue weighted by Crippen LogP contribution is 2.22. The van der Waals surface area contributed by atoms with Crippen LogP contribution in [-0.2, 0) is 14.8 Å². The Balaban J connectivity index is 1.50. The van der Waals surface area contributed by atoms with E-state index in [1.807, 2.05) is 6.07 Å². The van der Waals surface area contributed by atoms with Crippen molar-refractivity contribution in [3.05, 3.63) is 65.2 Å². The lowest BCUT2D eigenvalue weighted by Gasteiger charge is -2.36. The normalized spacial score (nSPS) is 21.9. The van der Waals surface area contributed by atoms with Crippen LogP contribution in [0.15, 0.2) is 59.5 Å².